The van der Waals surface area contributed by atoms with Crippen molar-refractivity contribution in [3.05, 3.63) is 0 Å². The van der Waals surface area contributed by atoms with Crippen LogP contribution in [-0.4, -0.2) is 25.4 Å². The molecule has 0 aliphatic carbocycles. The zero-order valence-corrected chi connectivity index (χ0v) is 7.00. The van der Waals surface area contributed by atoms with Gasteiger partial charge in [0.1, 0.15) is 0 Å². The van der Waals surface area contributed by atoms with Gasteiger partial charge in [0.2, 0.25) is 5.96 Å². The van der Waals surface area contributed by atoms with Crippen molar-refractivity contribution in [1.29, 1.82) is 0 Å². The predicted molar refractivity (Wildman–Crippen MR) is 48.0 cm³/mol. The molecule has 0 saturated carbocycles. The van der Waals surface area contributed by atoms with Crippen LogP contribution in [0.1, 0.15) is 13.8 Å². The molecule has 0 aromatic heterocycles. The van der Waals surface area contributed by atoms with Crippen molar-refractivity contribution in [3.63, 3.8) is 0 Å². The van der Waals surface area contributed by atoms with Gasteiger partial charge in [-0.15, -0.1) is 5.10 Å². The van der Waals surface area contributed by atoms with E-state index in [9.17, 15) is 0 Å². The lowest BCUT2D eigenvalue weighted by atomic mass is 10.9. The molecule has 0 unspecified atom stereocenters. The number of nitrogens with one attached hydrogen (secondary N) is 2. The fraction of sp³-hybridized carbons (Fsp3) is 0.500. The molecule has 11 heavy (non-hydrogen) atoms. The van der Waals surface area contributed by atoms with E-state index in [0.717, 1.165) is 0 Å². The maximum absolute atomic E-state index is 3.75. The summed E-state index contributed by atoms with van der Waals surface area (Å²) < 4.78 is 0. The third-order valence-corrected chi connectivity index (χ3v) is 0.810. The first-order chi connectivity index (χ1) is 5.35. The zero-order valence-electron chi connectivity index (χ0n) is 7.00. The first kappa shape index (κ1) is 9.61. The van der Waals surface area contributed by atoms with Gasteiger partial charge >= 0.3 is 0 Å². The van der Waals surface area contributed by atoms with Gasteiger partial charge in [0.15, 0.2) is 0 Å². The Morgan fingerprint density at radius 3 is 2.45 bits per heavy atom. The second kappa shape index (κ2) is 6.73. The van der Waals surface area contributed by atoms with E-state index >= 15 is 0 Å². The van der Waals surface area contributed by atoms with Crippen LogP contribution < -0.4 is 10.7 Å². The number of hydrogen-bond donors (Lipinski definition) is 2. The van der Waals surface area contributed by atoms with Crippen LogP contribution >= 0.6 is 0 Å². The lowest BCUT2D eigenvalue weighted by Gasteiger charge is -1.99. The van der Waals surface area contributed by atoms with Crippen LogP contribution in [0.15, 0.2) is 15.3 Å². The van der Waals surface area contributed by atoms with Gasteiger partial charge in [-0.1, -0.05) is 0 Å². The van der Waals surface area contributed by atoms with E-state index in [1.54, 1.807) is 26.4 Å². The highest BCUT2D eigenvalue weighted by atomic mass is 15.4. The minimum absolute atomic E-state index is 0.515. The summed E-state index contributed by atoms with van der Waals surface area (Å²) in [5.41, 5.74) is 2.65. The van der Waals surface area contributed by atoms with Gasteiger partial charge in [-0.2, -0.15) is 10.2 Å². The zero-order chi connectivity index (χ0) is 8.53. The lowest BCUT2D eigenvalue weighted by Crippen LogP contribution is -2.30. The molecule has 0 aliphatic rings. The van der Waals surface area contributed by atoms with E-state index in [-0.39, 0.29) is 0 Å². The maximum Gasteiger partial charge on any atom is 0.236 e. The molecule has 5 nitrogen and oxygen atoms in total. The Morgan fingerprint density at radius 2 is 2.00 bits per heavy atom. The number of nitrogens with zero attached hydrogens (tertiary/aromatic N) is 3. The summed E-state index contributed by atoms with van der Waals surface area (Å²) in [6.07, 6.45) is 3.22. The summed E-state index contributed by atoms with van der Waals surface area (Å²) in [6.45, 7) is 3.60. The molecular formula is C6H13N5. The minimum Gasteiger partial charge on any atom is -0.356 e. The Labute approximate surface area is 66.3 Å². The number of hydrazone groups is 1. The molecule has 0 rings (SSSR count). The van der Waals surface area contributed by atoms with Gasteiger partial charge in [-0.25, -0.2) is 5.43 Å². The molecule has 0 saturated heterocycles. The van der Waals surface area contributed by atoms with Gasteiger partial charge in [-0.05, 0) is 13.8 Å². The standard InChI is InChI=1S/C6H13N5/c1-4-8-10-6(7-3)11-9-5-2/h4-5H,1-3H3,(H2,7,10,11)/b8-4-,9-5+. The molecule has 2 N–H and O–H groups in total. The smallest absolute Gasteiger partial charge is 0.236 e. The monoisotopic (exact) mass is 155 g/mol. The van der Waals surface area contributed by atoms with Crippen molar-refractivity contribution < 1.29 is 0 Å². The Balaban J connectivity index is 3.93. The molecule has 0 radical (unpaired) electrons. The molecule has 0 aromatic rings. The van der Waals surface area contributed by atoms with Crippen molar-refractivity contribution in [3.8, 4) is 0 Å². The Morgan fingerprint density at radius 1 is 1.27 bits per heavy atom. The Kier molecular flexibility index (Phi) is 5.88. The Hall–Kier alpha value is -1.39. The minimum atomic E-state index is 0.515. The molecule has 0 aliphatic heterocycles. The third kappa shape index (κ3) is 5.07. The number of hydrogen-bond acceptors (Lipinski definition) is 3. The molecule has 0 spiro atoms. The quantitative estimate of drug-likeness (QED) is 0.339. The maximum atomic E-state index is 3.75. The van der Waals surface area contributed by atoms with Gasteiger partial charge < -0.3 is 5.32 Å². The van der Waals surface area contributed by atoms with Crippen LogP contribution in [0.3, 0.4) is 0 Å². The van der Waals surface area contributed by atoms with Crippen LogP contribution in [0.5, 0.6) is 0 Å². The molecule has 0 bridgehead atoms. The topological polar surface area (TPSA) is 61.1 Å². The summed E-state index contributed by atoms with van der Waals surface area (Å²) >= 11 is 0. The van der Waals surface area contributed by atoms with E-state index in [0.29, 0.717) is 5.96 Å². The van der Waals surface area contributed by atoms with Crippen molar-refractivity contribution in [1.82, 2.24) is 10.7 Å². The first-order valence-corrected chi connectivity index (χ1v) is 3.32. The number of guanidine groups is 1. The molecule has 0 amide bonds. The fourth-order valence-electron chi connectivity index (χ4n) is 0.369. The molecule has 0 heterocycles. The second-order valence-electron chi connectivity index (χ2n) is 1.57. The predicted octanol–water partition coefficient (Wildman–Crippen LogP) is 0.163. The molecular weight excluding hydrogens is 142 g/mol. The average Bonchev–Trinajstić information content (AvgIpc) is 2.05. The second-order valence-corrected chi connectivity index (χ2v) is 1.57. The van der Waals surface area contributed by atoms with Gasteiger partial charge in [0, 0.05) is 19.5 Å². The molecule has 0 atom stereocenters. The normalized spacial score (nSPS) is 12.8. The summed E-state index contributed by atoms with van der Waals surface area (Å²) in [6, 6.07) is 0. The molecule has 0 fully saturated rings. The molecule has 5 heteroatoms. The van der Waals surface area contributed by atoms with E-state index in [2.05, 4.69) is 26.0 Å². The highest BCUT2D eigenvalue weighted by Crippen LogP contribution is 1.70. The van der Waals surface area contributed by atoms with Gasteiger partial charge in [-0.3, -0.25) is 0 Å². The van der Waals surface area contributed by atoms with E-state index < -0.39 is 0 Å². The van der Waals surface area contributed by atoms with Crippen molar-refractivity contribution >= 4 is 18.4 Å². The number of rotatable bonds is 2. The largest absolute Gasteiger partial charge is 0.356 e. The van der Waals surface area contributed by atoms with Gasteiger partial charge in [0.25, 0.3) is 0 Å². The van der Waals surface area contributed by atoms with Crippen LogP contribution in [0.2, 0.25) is 0 Å². The SMILES string of the molecule is C/C=N\N=C(/NC)N/N=C/C. The first-order valence-electron chi connectivity index (χ1n) is 3.32. The van der Waals surface area contributed by atoms with Crippen LogP contribution in [-0.2, 0) is 0 Å². The van der Waals surface area contributed by atoms with Crippen molar-refractivity contribution in [2.75, 3.05) is 7.05 Å². The van der Waals surface area contributed by atoms with E-state index in [1.807, 2.05) is 6.92 Å². The van der Waals surface area contributed by atoms with Crippen LogP contribution in [0.25, 0.3) is 0 Å². The van der Waals surface area contributed by atoms with E-state index in [4.69, 9.17) is 0 Å². The van der Waals surface area contributed by atoms with Crippen molar-refractivity contribution in [2.45, 2.75) is 13.8 Å². The average molecular weight is 155 g/mol. The van der Waals surface area contributed by atoms with E-state index in [1.165, 1.54) is 0 Å². The fourth-order valence-corrected chi connectivity index (χ4v) is 0.369. The third-order valence-electron chi connectivity index (χ3n) is 0.810. The molecule has 0 aromatic carbocycles. The highest BCUT2D eigenvalue weighted by molar-refractivity contribution is 5.80. The highest BCUT2D eigenvalue weighted by Gasteiger charge is 1.87. The summed E-state index contributed by atoms with van der Waals surface area (Å²) in [5.74, 6) is 0.515. The van der Waals surface area contributed by atoms with Gasteiger partial charge in [0.05, 0.1) is 0 Å². The summed E-state index contributed by atoms with van der Waals surface area (Å²) in [5, 5.41) is 13.9. The van der Waals surface area contributed by atoms with Crippen LogP contribution in [0, 0.1) is 0 Å². The summed E-state index contributed by atoms with van der Waals surface area (Å²) in [4.78, 5) is 0. The van der Waals surface area contributed by atoms with Crippen molar-refractivity contribution in [2.24, 2.45) is 15.3 Å². The lowest BCUT2D eigenvalue weighted by molar-refractivity contribution is 0.930. The molecule has 62 valence electrons. The van der Waals surface area contributed by atoms with Crippen LogP contribution in [0.4, 0.5) is 0 Å². The Bertz CT molecular complexity index is 170. The summed E-state index contributed by atoms with van der Waals surface area (Å²) in [7, 11) is 1.74.